The van der Waals surface area contributed by atoms with Gasteiger partial charge in [-0.1, -0.05) is 12.1 Å². The van der Waals surface area contributed by atoms with Gasteiger partial charge in [-0.15, -0.1) is 11.8 Å². The van der Waals surface area contributed by atoms with E-state index in [9.17, 15) is 4.39 Å². The third-order valence-electron chi connectivity index (χ3n) is 2.58. The zero-order chi connectivity index (χ0) is 13.0. The molecule has 2 N–H and O–H groups in total. The molecule has 2 aromatic carbocycles. The van der Waals surface area contributed by atoms with E-state index in [-0.39, 0.29) is 5.82 Å². The summed E-state index contributed by atoms with van der Waals surface area (Å²) in [7, 11) is 1.62. The molecular weight excluding hydrogens is 249 g/mol. The van der Waals surface area contributed by atoms with Gasteiger partial charge in [-0.05, 0) is 30.3 Å². The number of halogens is 1. The van der Waals surface area contributed by atoms with Crippen LogP contribution in [-0.2, 0) is 5.75 Å². The van der Waals surface area contributed by atoms with Crippen molar-refractivity contribution in [3.05, 3.63) is 53.8 Å². The van der Waals surface area contributed by atoms with E-state index in [1.54, 1.807) is 19.2 Å². The molecule has 0 radical (unpaired) electrons. The molecule has 0 fully saturated rings. The van der Waals surface area contributed by atoms with Crippen LogP contribution in [0, 0.1) is 5.82 Å². The number of hydrogen-bond acceptors (Lipinski definition) is 3. The van der Waals surface area contributed by atoms with Crippen LogP contribution >= 0.6 is 11.8 Å². The number of anilines is 1. The van der Waals surface area contributed by atoms with Crippen molar-refractivity contribution >= 4 is 17.4 Å². The summed E-state index contributed by atoms with van der Waals surface area (Å²) in [6, 6.07) is 12.4. The highest BCUT2D eigenvalue weighted by Gasteiger charge is 2.06. The lowest BCUT2D eigenvalue weighted by molar-refractivity contribution is 0.413. The van der Waals surface area contributed by atoms with Crippen LogP contribution in [0.4, 0.5) is 10.1 Å². The molecular formula is C14H14FNOS. The molecule has 0 bridgehead atoms. The van der Waals surface area contributed by atoms with Gasteiger partial charge in [0, 0.05) is 21.9 Å². The molecule has 0 aliphatic carbocycles. The molecule has 0 saturated carbocycles. The highest BCUT2D eigenvalue weighted by molar-refractivity contribution is 7.98. The second kappa shape index (κ2) is 5.78. The average Bonchev–Trinajstić information content (AvgIpc) is 2.38. The van der Waals surface area contributed by atoms with Crippen molar-refractivity contribution in [1.29, 1.82) is 0 Å². The lowest BCUT2D eigenvalue weighted by atomic mass is 10.2. The molecule has 0 aromatic heterocycles. The Labute approximate surface area is 110 Å². The standard InChI is InChI=1S/C14H14FNOS/c1-17-10-4-2-5-11(8-10)18-9-12-13(15)6-3-7-14(12)16/h2-8H,9,16H2,1H3. The summed E-state index contributed by atoms with van der Waals surface area (Å²) in [4.78, 5) is 1.03. The Morgan fingerprint density at radius 1 is 1.22 bits per heavy atom. The molecule has 2 nitrogen and oxygen atoms in total. The molecule has 0 spiro atoms. The summed E-state index contributed by atoms with van der Waals surface area (Å²) in [5.41, 5.74) is 6.80. The smallest absolute Gasteiger partial charge is 0.129 e. The zero-order valence-corrected chi connectivity index (χ0v) is 10.8. The van der Waals surface area contributed by atoms with Crippen LogP contribution < -0.4 is 10.5 Å². The Morgan fingerprint density at radius 3 is 2.72 bits per heavy atom. The normalized spacial score (nSPS) is 10.3. The molecule has 18 heavy (non-hydrogen) atoms. The van der Waals surface area contributed by atoms with E-state index in [1.807, 2.05) is 24.3 Å². The first kappa shape index (κ1) is 12.8. The van der Waals surface area contributed by atoms with Gasteiger partial charge in [0.25, 0.3) is 0 Å². The lowest BCUT2D eigenvalue weighted by Gasteiger charge is -2.07. The van der Waals surface area contributed by atoms with Gasteiger partial charge < -0.3 is 10.5 Å². The van der Waals surface area contributed by atoms with Gasteiger partial charge in [0.05, 0.1) is 7.11 Å². The molecule has 0 atom stereocenters. The van der Waals surface area contributed by atoms with Crippen molar-refractivity contribution in [3.63, 3.8) is 0 Å². The van der Waals surface area contributed by atoms with Crippen molar-refractivity contribution in [3.8, 4) is 5.75 Å². The monoisotopic (exact) mass is 263 g/mol. The summed E-state index contributed by atoms with van der Waals surface area (Å²) in [5, 5.41) is 0. The fourth-order valence-electron chi connectivity index (χ4n) is 1.57. The average molecular weight is 263 g/mol. The Hall–Kier alpha value is -1.68. The van der Waals surface area contributed by atoms with E-state index >= 15 is 0 Å². The summed E-state index contributed by atoms with van der Waals surface area (Å²) < 4.78 is 18.7. The minimum Gasteiger partial charge on any atom is -0.497 e. The maximum absolute atomic E-state index is 13.6. The van der Waals surface area contributed by atoms with E-state index in [0.29, 0.717) is 17.0 Å². The number of nitrogen functional groups attached to an aromatic ring is 1. The number of nitrogens with two attached hydrogens (primary N) is 1. The third-order valence-corrected chi connectivity index (χ3v) is 3.60. The molecule has 0 heterocycles. The summed E-state index contributed by atoms with van der Waals surface area (Å²) in [6.45, 7) is 0. The number of ether oxygens (including phenoxy) is 1. The van der Waals surface area contributed by atoms with Crippen molar-refractivity contribution in [2.24, 2.45) is 0 Å². The van der Waals surface area contributed by atoms with Gasteiger partial charge in [-0.25, -0.2) is 4.39 Å². The topological polar surface area (TPSA) is 35.2 Å². The second-order valence-corrected chi connectivity index (χ2v) is 4.82. The molecule has 4 heteroatoms. The van der Waals surface area contributed by atoms with Crippen LogP contribution in [0.3, 0.4) is 0 Å². The molecule has 0 amide bonds. The predicted molar refractivity (Wildman–Crippen MR) is 73.4 cm³/mol. The third kappa shape index (κ3) is 2.96. The maximum atomic E-state index is 13.6. The van der Waals surface area contributed by atoms with Gasteiger partial charge in [-0.3, -0.25) is 0 Å². The van der Waals surface area contributed by atoms with Crippen LogP contribution in [0.15, 0.2) is 47.4 Å². The summed E-state index contributed by atoms with van der Waals surface area (Å²) in [5.74, 6) is 1.04. The SMILES string of the molecule is COc1cccc(SCc2c(N)cccc2F)c1. The zero-order valence-electron chi connectivity index (χ0n) is 10.0. The molecule has 94 valence electrons. The number of thioether (sulfide) groups is 1. The first-order valence-corrected chi connectivity index (χ1v) is 6.49. The molecule has 0 aliphatic rings. The van der Waals surface area contributed by atoms with E-state index in [0.717, 1.165) is 10.6 Å². The van der Waals surface area contributed by atoms with Crippen LogP contribution in [-0.4, -0.2) is 7.11 Å². The molecule has 2 rings (SSSR count). The molecule has 0 aliphatic heterocycles. The highest BCUT2D eigenvalue weighted by Crippen LogP contribution is 2.29. The van der Waals surface area contributed by atoms with Crippen LogP contribution in [0.25, 0.3) is 0 Å². The first-order chi connectivity index (χ1) is 8.70. The number of benzene rings is 2. The van der Waals surface area contributed by atoms with Gasteiger partial charge in [0.1, 0.15) is 11.6 Å². The second-order valence-electron chi connectivity index (χ2n) is 3.78. The van der Waals surface area contributed by atoms with E-state index < -0.39 is 0 Å². The van der Waals surface area contributed by atoms with Gasteiger partial charge >= 0.3 is 0 Å². The molecule has 0 saturated heterocycles. The Kier molecular flexibility index (Phi) is 4.10. The Bertz CT molecular complexity index is 525. The highest BCUT2D eigenvalue weighted by atomic mass is 32.2. The predicted octanol–water partition coefficient (Wildman–Crippen LogP) is 3.71. The largest absolute Gasteiger partial charge is 0.497 e. The van der Waals surface area contributed by atoms with Crippen LogP contribution in [0.1, 0.15) is 5.56 Å². The summed E-state index contributed by atoms with van der Waals surface area (Å²) in [6.07, 6.45) is 0. The van der Waals surface area contributed by atoms with Crippen LogP contribution in [0.5, 0.6) is 5.75 Å². The molecule has 2 aromatic rings. The fraction of sp³-hybridized carbons (Fsp3) is 0.143. The fourth-order valence-corrected chi connectivity index (χ4v) is 2.56. The minimum absolute atomic E-state index is 0.259. The number of methoxy groups -OCH3 is 1. The van der Waals surface area contributed by atoms with Crippen molar-refractivity contribution in [2.75, 3.05) is 12.8 Å². The Balaban J connectivity index is 2.11. The number of rotatable bonds is 4. The maximum Gasteiger partial charge on any atom is 0.129 e. The van der Waals surface area contributed by atoms with Crippen molar-refractivity contribution in [1.82, 2.24) is 0 Å². The van der Waals surface area contributed by atoms with Gasteiger partial charge in [0.15, 0.2) is 0 Å². The van der Waals surface area contributed by atoms with Gasteiger partial charge in [0.2, 0.25) is 0 Å². The quantitative estimate of drug-likeness (QED) is 0.674. The summed E-state index contributed by atoms with van der Waals surface area (Å²) >= 11 is 1.53. The van der Waals surface area contributed by atoms with E-state index in [4.69, 9.17) is 10.5 Å². The van der Waals surface area contributed by atoms with Crippen molar-refractivity contribution in [2.45, 2.75) is 10.6 Å². The Morgan fingerprint density at radius 2 is 2.00 bits per heavy atom. The van der Waals surface area contributed by atoms with E-state index in [1.165, 1.54) is 17.8 Å². The lowest BCUT2D eigenvalue weighted by Crippen LogP contribution is -1.96. The molecule has 0 unspecified atom stereocenters. The minimum atomic E-state index is -0.259. The number of hydrogen-bond donors (Lipinski definition) is 1. The van der Waals surface area contributed by atoms with Crippen LogP contribution in [0.2, 0.25) is 0 Å². The van der Waals surface area contributed by atoms with Gasteiger partial charge in [-0.2, -0.15) is 0 Å². The first-order valence-electron chi connectivity index (χ1n) is 5.50. The van der Waals surface area contributed by atoms with E-state index in [2.05, 4.69) is 0 Å². The van der Waals surface area contributed by atoms with Crippen molar-refractivity contribution < 1.29 is 9.13 Å².